The van der Waals surface area contributed by atoms with E-state index in [-0.39, 0.29) is 12.1 Å². The lowest BCUT2D eigenvalue weighted by Crippen LogP contribution is -2.42. The molecule has 1 unspecified atom stereocenters. The molecule has 24 heavy (non-hydrogen) atoms. The van der Waals surface area contributed by atoms with E-state index < -0.39 is 11.9 Å². The minimum Gasteiger partial charge on any atom is -0.458 e. The fraction of sp³-hybridized carbons (Fsp3) is 0.438. The van der Waals surface area contributed by atoms with Crippen LogP contribution in [0.2, 0.25) is 0 Å². The largest absolute Gasteiger partial charge is 0.458 e. The van der Waals surface area contributed by atoms with E-state index in [1.165, 1.54) is 6.07 Å². The molecular formula is C16H17F3N4O. The highest BCUT2D eigenvalue weighted by Crippen LogP contribution is 2.29. The molecule has 0 spiro atoms. The van der Waals surface area contributed by atoms with Gasteiger partial charge in [-0.05, 0) is 37.5 Å². The van der Waals surface area contributed by atoms with Gasteiger partial charge in [0.25, 0.3) is 0 Å². The highest BCUT2D eigenvalue weighted by molar-refractivity contribution is 5.40. The number of alkyl halides is 3. The average molecular weight is 338 g/mol. The van der Waals surface area contributed by atoms with Crippen molar-refractivity contribution in [3.05, 3.63) is 41.9 Å². The summed E-state index contributed by atoms with van der Waals surface area (Å²) >= 11 is 0. The maximum Gasteiger partial charge on any atom is 0.433 e. The Bertz CT molecular complexity index is 690. The van der Waals surface area contributed by atoms with Crippen molar-refractivity contribution in [2.75, 3.05) is 18.0 Å². The van der Waals surface area contributed by atoms with Gasteiger partial charge in [-0.3, -0.25) is 0 Å². The zero-order valence-corrected chi connectivity index (χ0v) is 13.1. The molecule has 1 aliphatic rings. The number of halogens is 3. The molecule has 1 atom stereocenters. The first-order valence-electron chi connectivity index (χ1n) is 7.66. The first-order valence-corrected chi connectivity index (χ1v) is 7.66. The van der Waals surface area contributed by atoms with Gasteiger partial charge in [0.05, 0.1) is 6.54 Å². The predicted octanol–water partition coefficient (Wildman–Crippen LogP) is 3.25. The summed E-state index contributed by atoms with van der Waals surface area (Å²) in [6.45, 7) is 2.97. The van der Waals surface area contributed by atoms with Crippen LogP contribution in [-0.2, 0) is 6.18 Å². The van der Waals surface area contributed by atoms with Crippen molar-refractivity contribution in [1.29, 1.82) is 0 Å². The maximum atomic E-state index is 12.8. The van der Waals surface area contributed by atoms with Crippen molar-refractivity contribution in [1.82, 2.24) is 15.0 Å². The Kier molecular flexibility index (Phi) is 4.55. The van der Waals surface area contributed by atoms with Crippen LogP contribution in [0.3, 0.4) is 0 Å². The number of pyridine rings is 1. The van der Waals surface area contributed by atoms with Gasteiger partial charge in [-0.1, -0.05) is 6.07 Å². The lowest BCUT2D eigenvalue weighted by Gasteiger charge is -2.33. The Morgan fingerprint density at radius 1 is 1.21 bits per heavy atom. The number of ether oxygens (including phenoxy) is 1. The molecule has 0 N–H and O–H groups in total. The first-order chi connectivity index (χ1) is 11.4. The third-order valence-electron chi connectivity index (χ3n) is 3.76. The minimum atomic E-state index is -4.45. The van der Waals surface area contributed by atoms with E-state index in [0.717, 1.165) is 24.5 Å². The maximum absolute atomic E-state index is 12.8. The zero-order valence-electron chi connectivity index (χ0n) is 13.1. The Morgan fingerprint density at radius 2 is 1.96 bits per heavy atom. The molecule has 1 saturated heterocycles. The second-order valence-electron chi connectivity index (χ2n) is 5.75. The van der Waals surface area contributed by atoms with Gasteiger partial charge in [-0.2, -0.15) is 13.2 Å². The summed E-state index contributed by atoms with van der Waals surface area (Å²) < 4.78 is 44.2. The molecule has 0 aromatic carbocycles. The highest BCUT2D eigenvalue weighted by atomic mass is 19.4. The number of piperidine rings is 1. The number of hydrogen-bond acceptors (Lipinski definition) is 5. The molecule has 0 saturated carbocycles. The van der Waals surface area contributed by atoms with Crippen LogP contribution < -0.4 is 9.64 Å². The van der Waals surface area contributed by atoms with E-state index in [4.69, 9.17) is 4.74 Å². The molecule has 128 valence electrons. The van der Waals surface area contributed by atoms with Crippen LogP contribution >= 0.6 is 0 Å². The summed E-state index contributed by atoms with van der Waals surface area (Å²) in [6.07, 6.45) is 0.297. The molecule has 0 bridgehead atoms. The van der Waals surface area contributed by atoms with Crippen LogP contribution in [0.15, 0.2) is 30.6 Å². The molecule has 1 aliphatic heterocycles. The monoisotopic (exact) mass is 338 g/mol. The zero-order chi connectivity index (χ0) is 17.2. The molecule has 1 fully saturated rings. The van der Waals surface area contributed by atoms with Crippen molar-refractivity contribution in [2.24, 2.45) is 0 Å². The van der Waals surface area contributed by atoms with E-state index in [0.29, 0.717) is 18.9 Å². The Morgan fingerprint density at radius 3 is 2.67 bits per heavy atom. The van der Waals surface area contributed by atoms with E-state index >= 15 is 0 Å². The number of nitrogens with zero attached hydrogens (tertiary/aromatic N) is 4. The van der Waals surface area contributed by atoms with E-state index in [2.05, 4.69) is 15.0 Å². The van der Waals surface area contributed by atoms with Crippen molar-refractivity contribution in [2.45, 2.75) is 32.0 Å². The van der Waals surface area contributed by atoms with Crippen molar-refractivity contribution in [3.8, 4) is 6.01 Å². The second-order valence-corrected chi connectivity index (χ2v) is 5.75. The third kappa shape index (κ3) is 3.93. The van der Waals surface area contributed by atoms with E-state index in [1.54, 1.807) is 23.4 Å². The van der Waals surface area contributed by atoms with Gasteiger partial charge in [0.1, 0.15) is 17.6 Å². The van der Waals surface area contributed by atoms with Crippen LogP contribution in [0.5, 0.6) is 6.01 Å². The SMILES string of the molecule is Cc1cnc(OC2CCCN(c3cccc(C(F)(F)F)n3)C2)nc1. The van der Waals surface area contributed by atoms with Crippen molar-refractivity contribution < 1.29 is 17.9 Å². The van der Waals surface area contributed by atoms with E-state index in [9.17, 15) is 13.2 Å². The number of aryl methyl sites for hydroxylation is 1. The molecule has 0 amide bonds. The van der Waals surface area contributed by atoms with Gasteiger partial charge in [-0.25, -0.2) is 15.0 Å². The number of rotatable bonds is 3. The molecule has 5 nitrogen and oxygen atoms in total. The van der Waals surface area contributed by atoms with Crippen molar-refractivity contribution in [3.63, 3.8) is 0 Å². The van der Waals surface area contributed by atoms with E-state index in [1.807, 2.05) is 6.92 Å². The van der Waals surface area contributed by atoms with Crippen molar-refractivity contribution >= 4 is 5.82 Å². The van der Waals surface area contributed by atoms with Gasteiger partial charge in [-0.15, -0.1) is 0 Å². The normalized spacial score (nSPS) is 18.5. The van der Waals surface area contributed by atoms with Crippen LogP contribution in [0.4, 0.5) is 19.0 Å². The molecule has 2 aromatic rings. The molecular weight excluding hydrogens is 321 g/mol. The average Bonchev–Trinajstić information content (AvgIpc) is 2.57. The molecule has 0 radical (unpaired) electrons. The lowest BCUT2D eigenvalue weighted by atomic mass is 10.1. The van der Waals surface area contributed by atoms with Gasteiger partial charge < -0.3 is 9.64 Å². The fourth-order valence-corrected chi connectivity index (χ4v) is 2.59. The topological polar surface area (TPSA) is 51.1 Å². The third-order valence-corrected chi connectivity index (χ3v) is 3.76. The van der Waals surface area contributed by atoms with Gasteiger partial charge in [0.2, 0.25) is 0 Å². The fourth-order valence-electron chi connectivity index (χ4n) is 2.59. The summed E-state index contributed by atoms with van der Waals surface area (Å²) in [5.41, 5.74) is 0.0469. The van der Waals surface area contributed by atoms with Crippen LogP contribution in [0.1, 0.15) is 24.1 Å². The summed E-state index contributed by atoms with van der Waals surface area (Å²) in [5, 5.41) is 0. The van der Waals surface area contributed by atoms with Gasteiger partial charge in [0, 0.05) is 18.9 Å². The first kappa shape index (κ1) is 16.5. The summed E-state index contributed by atoms with van der Waals surface area (Å²) in [4.78, 5) is 13.7. The molecule has 3 rings (SSSR count). The summed E-state index contributed by atoms with van der Waals surface area (Å²) in [6, 6.07) is 4.21. The van der Waals surface area contributed by atoms with Crippen LogP contribution in [-0.4, -0.2) is 34.1 Å². The smallest absolute Gasteiger partial charge is 0.433 e. The number of aromatic nitrogens is 3. The highest BCUT2D eigenvalue weighted by Gasteiger charge is 2.33. The quantitative estimate of drug-likeness (QED) is 0.860. The Hall–Kier alpha value is -2.38. The molecule has 8 heteroatoms. The molecule has 3 heterocycles. The van der Waals surface area contributed by atoms with Crippen LogP contribution in [0.25, 0.3) is 0 Å². The number of hydrogen-bond donors (Lipinski definition) is 0. The lowest BCUT2D eigenvalue weighted by molar-refractivity contribution is -0.141. The summed E-state index contributed by atoms with van der Waals surface area (Å²) in [5.74, 6) is 0.308. The molecule has 0 aliphatic carbocycles. The van der Waals surface area contributed by atoms with Gasteiger partial charge >= 0.3 is 12.2 Å². The Labute approximate surface area is 137 Å². The standard InChI is InChI=1S/C16H17F3N4O/c1-11-8-20-15(21-9-11)24-12-4-3-7-23(10-12)14-6-2-5-13(22-14)16(17,18)19/h2,5-6,8-9,12H,3-4,7,10H2,1H3. The van der Waals surface area contributed by atoms with Gasteiger partial charge in [0.15, 0.2) is 0 Å². The summed E-state index contributed by atoms with van der Waals surface area (Å²) in [7, 11) is 0. The molecule has 2 aromatic heterocycles. The van der Waals surface area contributed by atoms with Crippen LogP contribution in [0, 0.1) is 6.92 Å². The second kappa shape index (κ2) is 6.62. The predicted molar refractivity (Wildman–Crippen MR) is 81.9 cm³/mol. The Balaban J connectivity index is 1.70. The number of anilines is 1. The minimum absolute atomic E-state index is 0.183.